The fourth-order valence-corrected chi connectivity index (χ4v) is 5.51. The van der Waals surface area contributed by atoms with Gasteiger partial charge in [0.05, 0.1) is 17.5 Å². The molecule has 9 nitrogen and oxygen atoms in total. The van der Waals surface area contributed by atoms with Crippen LogP contribution in [0.25, 0.3) is 17.2 Å². The molecular formula is C32H42N3O6S+. The monoisotopic (exact) mass is 596 g/mol. The summed E-state index contributed by atoms with van der Waals surface area (Å²) in [6, 6.07) is 12.0. The summed E-state index contributed by atoms with van der Waals surface area (Å²) in [7, 11) is -4.06. The summed E-state index contributed by atoms with van der Waals surface area (Å²) in [6.07, 6.45) is 8.31. The first-order valence-corrected chi connectivity index (χ1v) is 16.3. The fraction of sp³-hybridized carbons (Fsp3) is 0.438. The zero-order chi connectivity index (χ0) is 30.3. The van der Waals surface area contributed by atoms with E-state index in [-0.39, 0.29) is 18.1 Å². The Bertz CT molecular complexity index is 1590. The highest BCUT2D eigenvalue weighted by molar-refractivity contribution is 7.85. The molecule has 10 heteroatoms. The molecule has 2 heterocycles. The van der Waals surface area contributed by atoms with E-state index in [1.165, 1.54) is 0 Å². The number of benzene rings is 2. The van der Waals surface area contributed by atoms with Gasteiger partial charge in [-0.3, -0.25) is 9.35 Å². The number of amides is 1. The van der Waals surface area contributed by atoms with Crippen molar-refractivity contribution in [1.82, 2.24) is 5.32 Å². The number of fused-ring (bicyclic) bond motifs is 2. The molecule has 0 radical (unpaired) electrons. The number of rotatable bonds is 14. The van der Waals surface area contributed by atoms with Crippen LogP contribution < -0.4 is 19.5 Å². The molecule has 226 valence electrons. The van der Waals surface area contributed by atoms with Crippen molar-refractivity contribution in [3.8, 4) is 5.75 Å². The van der Waals surface area contributed by atoms with Gasteiger partial charge in [-0.05, 0) is 74.9 Å². The second kappa shape index (κ2) is 14.0. The van der Waals surface area contributed by atoms with Gasteiger partial charge in [0, 0.05) is 38.1 Å². The summed E-state index contributed by atoms with van der Waals surface area (Å²) in [5, 5.41) is 2.93. The molecule has 1 aromatic heterocycles. The number of nitrogens with one attached hydrogen (secondary N) is 1. The van der Waals surface area contributed by atoms with Gasteiger partial charge in [0.15, 0.2) is 12.3 Å². The molecular weight excluding hydrogens is 554 g/mol. The van der Waals surface area contributed by atoms with Crippen molar-refractivity contribution in [3.63, 3.8) is 0 Å². The molecule has 0 saturated heterocycles. The van der Waals surface area contributed by atoms with E-state index in [9.17, 15) is 17.8 Å². The highest BCUT2D eigenvalue weighted by Gasteiger charge is 2.27. The minimum atomic E-state index is -4.06. The first-order chi connectivity index (χ1) is 20.0. The molecule has 2 aromatic carbocycles. The molecule has 0 unspecified atom stereocenters. The Morgan fingerprint density at radius 1 is 1.07 bits per heavy atom. The summed E-state index contributed by atoms with van der Waals surface area (Å²) in [5.41, 5.74) is 5.68. The minimum absolute atomic E-state index is 0.111. The zero-order valence-corrected chi connectivity index (χ0v) is 25.8. The van der Waals surface area contributed by atoms with Gasteiger partial charge in [0.25, 0.3) is 15.6 Å². The molecule has 3 aromatic rings. The third-order valence-corrected chi connectivity index (χ3v) is 7.92. The lowest BCUT2D eigenvalue weighted by atomic mass is 10.1. The SMILES string of the molecule is CCCNC(=O)CCCCCN1C(=CC(C)=Cc2oc3ccc(C)cc3[n+]2CCCS(=O)(=O)O)Oc2ccc(C)cc21. The van der Waals surface area contributed by atoms with Gasteiger partial charge in [-0.25, -0.2) is 0 Å². The average Bonchev–Trinajstić information content (AvgIpc) is 3.42. The van der Waals surface area contributed by atoms with E-state index in [1.807, 2.05) is 67.8 Å². The van der Waals surface area contributed by atoms with E-state index in [0.717, 1.165) is 78.3 Å². The number of aromatic nitrogens is 1. The second-order valence-corrected chi connectivity index (χ2v) is 12.5. The van der Waals surface area contributed by atoms with Gasteiger partial charge < -0.3 is 19.4 Å². The number of oxazole rings is 1. The van der Waals surface area contributed by atoms with Crippen molar-refractivity contribution in [2.45, 2.75) is 72.8 Å². The second-order valence-electron chi connectivity index (χ2n) is 11.0. The van der Waals surface area contributed by atoms with Crippen LogP contribution in [0.1, 0.15) is 69.4 Å². The van der Waals surface area contributed by atoms with Crippen LogP contribution in [0.15, 0.2) is 58.3 Å². The highest BCUT2D eigenvalue weighted by Crippen LogP contribution is 2.40. The predicted octanol–water partition coefficient (Wildman–Crippen LogP) is 5.85. The highest BCUT2D eigenvalue weighted by atomic mass is 32.2. The normalized spacial score (nSPS) is 14.5. The van der Waals surface area contributed by atoms with Crippen LogP contribution in [-0.4, -0.2) is 37.7 Å². The van der Waals surface area contributed by atoms with E-state index >= 15 is 0 Å². The lowest BCUT2D eigenvalue weighted by molar-refractivity contribution is -0.677. The minimum Gasteiger partial charge on any atom is -0.439 e. The van der Waals surface area contributed by atoms with Crippen molar-refractivity contribution in [2.75, 3.05) is 23.7 Å². The van der Waals surface area contributed by atoms with Crippen molar-refractivity contribution < 1.29 is 31.5 Å². The number of anilines is 1. The Balaban J connectivity index is 1.54. The first-order valence-electron chi connectivity index (χ1n) is 14.6. The van der Waals surface area contributed by atoms with Crippen LogP contribution in [0, 0.1) is 13.8 Å². The van der Waals surface area contributed by atoms with Crippen LogP contribution in [-0.2, 0) is 21.5 Å². The van der Waals surface area contributed by atoms with Crippen LogP contribution in [0.2, 0.25) is 0 Å². The summed E-state index contributed by atoms with van der Waals surface area (Å²) >= 11 is 0. The molecule has 0 fully saturated rings. The van der Waals surface area contributed by atoms with Crippen LogP contribution in [0.3, 0.4) is 0 Å². The number of hydrogen-bond donors (Lipinski definition) is 2. The molecule has 0 saturated carbocycles. The van der Waals surface area contributed by atoms with E-state index in [2.05, 4.69) is 23.2 Å². The lowest BCUT2D eigenvalue weighted by Gasteiger charge is -2.18. The van der Waals surface area contributed by atoms with Gasteiger partial charge in [-0.1, -0.05) is 25.5 Å². The number of hydrogen-bond acceptors (Lipinski definition) is 6. The molecule has 0 aliphatic carbocycles. The maximum Gasteiger partial charge on any atom is 0.374 e. The first kappa shape index (κ1) is 31.3. The zero-order valence-electron chi connectivity index (χ0n) is 25.0. The Morgan fingerprint density at radius 3 is 2.60 bits per heavy atom. The number of allylic oxidation sites excluding steroid dienone is 2. The molecule has 1 aliphatic rings. The Morgan fingerprint density at radius 2 is 1.83 bits per heavy atom. The average molecular weight is 597 g/mol. The largest absolute Gasteiger partial charge is 0.439 e. The van der Waals surface area contributed by atoms with Gasteiger partial charge in [-0.15, -0.1) is 0 Å². The molecule has 1 amide bonds. The van der Waals surface area contributed by atoms with Gasteiger partial charge in [0.1, 0.15) is 0 Å². The molecule has 42 heavy (non-hydrogen) atoms. The Hall–Kier alpha value is -3.63. The maximum absolute atomic E-state index is 11.9. The summed E-state index contributed by atoms with van der Waals surface area (Å²) < 4.78 is 46.3. The number of ether oxygens (including phenoxy) is 1. The van der Waals surface area contributed by atoms with Crippen LogP contribution >= 0.6 is 0 Å². The van der Waals surface area contributed by atoms with Crippen molar-refractivity contribution in [3.05, 3.63) is 70.9 Å². The molecule has 2 N–H and O–H groups in total. The molecule has 0 spiro atoms. The summed E-state index contributed by atoms with van der Waals surface area (Å²) in [6.45, 7) is 9.92. The molecule has 1 aliphatic heterocycles. The summed E-state index contributed by atoms with van der Waals surface area (Å²) in [4.78, 5) is 14.1. The van der Waals surface area contributed by atoms with Gasteiger partial charge in [0.2, 0.25) is 17.4 Å². The smallest absolute Gasteiger partial charge is 0.374 e. The maximum atomic E-state index is 11.9. The molecule has 4 rings (SSSR count). The predicted molar refractivity (Wildman–Crippen MR) is 165 cm³/mol. The number of carbonyl (C=O) groups excluding carboxylic acids is 1. The van der Waals surface area contributed by atoms with Crippen molar-refractivity contribution in [1.29, 1.82) is 0 Å². The third-order valence-electron chi connectivity index (χ3n) is 7.12. The fourth-order valence-electron chi connectivity index (χ4n) is 5.02. The van der Waals surface area contributed by atoms with Gasteiger partial charge in [-0.2, -0.15) is 13.0 Å². The van der Waals surface area contributed by atoms with E-state index in [0.29, 0.717) is 24.4 Å². The quantitative estimate of drug-likeness (QED) is 0.136. The standard InChI is InChI=1S/C32H41N3O6S/c1-5-15-33-30(36)10-7-6-8-16-34-26-19-23(2)11-13-28(26)40-31(34)21-25(4)22-32-35(17-9-18-42(37,38)39)27-20-24(3)12-14-29(27)41-32/h11-14,19-22H,5-10,15-18H2,1-4H3,(H-,33,36,37,38,39)/p+1. The number of nitrogens with zero attached hydrogens (tertiary/aromatic N) is 2. The number of carbonyl (C=O) groups is 1. The molecule has 0 bridgehead atoms. The lowest BCUT2D eigenvalue weighted by Crippen LogP contribution is -2.36. The number of aryl methyl sites for hydroxylation is 3. The van der Waals surface area contributed by atoms with E-state index in [1.54, 1.807) is 0 Å². The Labute approximate surface area is 248 Å². The van der Waals surface area contributed by atoms with Gasteiger partial charge >= 0.3 is 5.89 Å². The molecule has 0 atom stereocenters. The van der Waals surface area contributed by atoms with Crippen LogP contribution in [0.4, 0.5) is 5.69 Å². The number of unbranched alkanes of at least 4 members (excludes halogenated alkanes) is 2. The van der Waals surface area contributed by atoms with Crippen molar-refractivity contribution in [2.24, 2.45) is 0 Å². The topological polar surface area (TPSA) is 113 Å². The van der Waals surface area contributed by atoms with Crippen LogP contribution in [0.5, 0.6) is 5.75 Å². The van der Waals surface area contributed by atoms with E-state index in [4.69, 9.17) is 9.15 Å². The third kappa shape index (κ3) is 8.45. The Kier molecular flexibility index (Phi) is 10.5. The van der Waals surface area contributed by atoms with Crippen molar-refractivity contribution >= 4 is 38.9 Å². The van der Waals surface area contributed by atoms with E-state index < -0.39 is 10.1 Å². The summed E-state index contributed by atoms with van der Waals surface area (Å²) in [5.74, 6) is 1.89.